The van der Waals surface area contributed by atoms with E-state index in [4.69, 9.17) is 0 Å². The van der Waals surface area contributed by atoms with Crippen LogP contribution in [-0.4, -0.2) is 21.3 Å². The van der Waals surface area contributed by atoms with Crippen molar-refractivity contribution in [3.63, 3.8) is 0 Å². The fraction of sp³-hybridized carbons (Fsp3) is 0.867. The molecule has 1 N–H and O–H groups in total. The van der Waals surface area contributed by atoms with Crippen molar-refractivity contribution in [3.05, 3.63) is 11.6 Å². The molecule has 0 spiro atoms. The Balaban J connectivity index is 1.96. The SMILES string of the molecule is CC(C)C1NCCn2c1nnc2C1(C)CCCCC1. The Kier molecular flexibility index (Phi) is 3.37. The van der Waals surface area contributed by atoms with Gasteiger partial charge in [-0.15, -0.1) is 10.2 Å². The van der Waals surface area contributed by atoms with Gasteiger partial charge in [0, 0.05) is 18.5 Å². The summed E-state index contributed by atoms with van der Waals surface area (Å²) in [7, 11) is 0. The minimum Gasteiger partial charge on any atom is -0.312 e. The maximum Gasteiger partial charge on any atom is 0.150 e. The van der Waals surface area contributed by atoms with E-state index < -0.39 is 0 Å². The molecule has 4 heteroatoms. The molecular formula is C15H26N4. The van der Waals surface area contributed by atoms with E-state index in [0.29, 0.717) is 12.0 Å². The number of rotatable bonds is 2. The second-order valence-electron chi connectivity index (χ2n) is 6.83. The van der Waals surface area contributed by atoms with Gasteiger partial charge in [-0.05, 0) is 18.8 Å². The smallest absolute Gasteiger partial charge is 0.150 e. The zero-order valence-electron chi connectivity index (χ0n) is 12.4. The van der Waals surface area contributed by atoms with E-state index in [-0.39, 0.29) is 5.41 Å². The molecule has 3 rings (SSSR count). The van der Waals surface area contributed by atoms with E-state index in [0.717, 1.165) is 18.9 Å². The van der Waals surface area contributed by atoms with Gasteiger partial charge in [0.1, 0.15) is 5.82 Å². The number of hydrogen-bond acceptors (Lipinski definition) is 3. The molecule has 4 nitrogen and oxygen atoms in total. The number of nitrogens with one attached hydrogen (secondary N) is 1. The third-order valence-corrected chi connectivity index (χ3v) is 4.92. The van der Waals surface area contributed by atoms with Crippen molar-refractivity contribution in [1.29, 1.82) is 0 Å². The largest absolute Gasteiger partial charge is 0.312 e. The second kappa shape index (κ2) is 4.89. The quantitative estimate of drug-likeness (QED) is 0.891. The van der Waals surface area contributed by atoms with Gasteiger partial charge in [-0.2, -0.15) is 0 Å². The van der Waals surface area contributed by atoms with Crippen molar-refractivity contribution in [2.75, 3.05) is 6.54 Å². The van der Waals surface area contributed by atoms with Crippen molar-refractivity contribution in [3.8, 4) is 0 Å². The van der Waals surface area contributed by atoms with Crippen molar-refractivity contribution in [2.24, 2.45) is 5.92 Å². The summed E-state index contributed by atoms with van der Waals surface area (Å²) in [6, 6.07) is 0.363. The summed E-state index contributed by atoms with van der Waals surface area (Å²) < 4.78 is 2.41. The molecule has 106 valence electrons. The average molecular weight is 262 g/mol. The van der Waals surface area contributed by atoms with E-state index in [9.17, 15) is 0 Å². The molecule has 1 atom stereocenters. The maximum atomic E-state index is 4.60. The molecule has 0 radical (unpaired) electrons. The highest BCUT2D eigenvalue weighted by molar-refractivity contribution is 5.14. The van der Waals surface area contributed by atoms with Crippen LogP contribution in [0.3, 0.4) is 0 Å². The van der Waals surface area contributed by atoms with Crippen molar-refractivity contribution in [2.45, 2.75) is 70.9 Å². The van der Waals surface area contributed by atoms with E-state index in [1.165, 1.54) is 37.9 Å². The predicted molar refractivity (Wildman–Crippen MR) is 76.0 cm³/mol. The molecule has 19 heavy (non-hydrogen) atoms. The standard InChI is InChI=1S/C15H26N4/c1-11(2)12-13-17-18-14(19(13)10-9-16-12)15(3)7-5-4-6-8-15/h11-12,16H,4-10H2,1-3H3. The van der Waals surface area contributed by atoms with Gasteiger partial charge < -0.3 is 9.88 Å². The Hall–Kier alpha value is -0.900. The summed E-state index contributed by atoms with van der Waals surface area (Å²) in [5, 5.41) is 12.7. The lowest BCUT2D eigenvalue weighted by atomic mass is 9.75. The Morgan fingerprint density at radius 3 is 2.63 bits per heavy atom. The fourth-order valence-electron chi connectivity index (χ4n) is 3.72. The van der Waals surface area contributed by atoms with Crippen LogP contribution in [0.4, 0.5) is 0 Å². The van der Waals surface area contributed by atoms with Crippen LogP contribution in [0.15, 0.2) is 0 Å². The van der Waals surface area contributed by atoms with Gasteiger partial charge in [0.15, 0.2) is 5.82 Å². The van der Waals surface area contributed by atoms with E-state index in [1.807, 2.05) is 0 Å². The second-order valence-corrected chi connectivity index (χ2v) is 6.83. The minimum absolute atomic E-state index is 0.252. The summed E-state index contributed by atoms with van der Waals surface area (Å²) in [6.07, 6.45) is 6.59. The Labute approximate surface area is 116 Å². The summed E-state index contributed by atoms with van der Waals surface area (Å²) in [4.78, 5) is 0. The van der Waals surface area contributed by atoms with Crippen LogP contribution in [-0.2, 0) is 12.0 Å². The number of hydrogen-bond donors (Lipinski definition) is 1. The van der Waals surface area contributed by atoms with E-state index >= 15 is 0 Å². The van der Waals surface area contributed by atoms with Crippen LogP contribution in [0.1, 0.15) is 70.6 Å². The van der Waals surface area contributed by atoms with Crippen LogP contribution in [0.2, 0.25) is 0 Å². The van der Waals surface area contributed by atoms with Crippen molar-refractivity contribution >= 4 is 0 Å². The third kappa shape index (κ3) is 2.20. The van der Waals surface area contributed by atoms with Gasteiger partial charge >= 0.3 is 0 Å². The molecule has 1 aromatic rings. The summed E-state index contributed by atoms with van der Waals surface area (Å²) >= 11 is 0. The molecule has 1 aromatic heterocycles. The lowest BCUT2D eigenvalue weighted by Gasteiger charge is -2.35. The van der Waals surface area contributed by atoms with Crippen LogP contribution in [0, 0.1) is 5.92 Å². The zero-order chi connectivity index (χ0) is 13.5. The first-order chi connectivity index (χ1) is 9.12. The topological polar surface area (TPSA) is 42.7 Å². The Bertz CT molecular complexity index is 443. The molecule has 2 aliphatic rings. The first-order valence-corrected chi connectivity index (χ1v) is 7.79. The minimum atomic E-state index is 0.252. The Morgan fingerprint density at radius 1 is 1.21 bits per heavy atom. The number of aromatic nitrogens is 3. The molecule has 1 saturated carbocycles. The van der Waals surface area contributed by atoms with E-state index in [2.05, 4.69) is 40.9 Å². The molecule has 1 aliphatic heterocycles. The van der Waals surface area contributed by atoms with Gasteiger partial charge in [-0.1, -0.05) is 40.0 Å². The molecule has 0 amide bonds. The highest BCUT2D eigenvalue weighted by Crippen LogP contribution is 2.39. The third-order valence-electron chi connectivity index (χ3n) is 4.92. The molecule has 0 aromatic carbocycles. The van der Waals surface area contributed by atoms with Gasteiger partial charge in [0.05, 0.1) is 6.04 Å². The van der Waals surface area contributed by atoms with Gasteiger partial charge in [0.2, 0.25) is 0 Å². The average Bonchev–Trinajstić information content (AvgIpc) is 2.83. The highest BCUT2D eigenvalue weighted by Gasteiger charge is 2.37. The maximum absolute atomic E-state index is 4.60. The lowest BCUT2D eigenvalue weighted by Crippen LogP contribution is -2.39. The Morgan fingerprint density at radius 2 is 1.95 bits per heavy atom. The van der Waals surface area contributed by atoms with Crippen LogP contribution in [0.25, 0.3) is 0 Å². The predicted octanol–water partition coefficient (Wildman–Crippen LogP) is 2.80. The van der Waals surface area contributed by atoms with Gasteiger partial charge in [-0.25, -0.2) is 0 Å². The zero-order valence-corrected chi connectivity index (χ0v) is 12.4. The summed E-state index contributed by atoms with van der Waals surface area (Å²) in [5.74, 6) is 2.97. The highest BCUT2D eigenvalue weighted by atomic mass is 15.3. The van der Waals surface area contributed by atoms with Crippen LogP contribution in [0.5, 0.6) is 0 Å². The van der Waals surface area contributed by atoms with Crippen LogP contribution < -0.4 is 5.32 Å². The monoisotopic (exact) mass is 262 g/mol. The first kappa shape index (κ1) is 13.1. The molecule has 1 aliphatic carbocycles. The first-order valence-electron chi connectivity index (χ1n) is 7.79. The summed E-state index contributed by atoms with van der Waals surface area (Å²) in [6.45, 7) is 8.96. The van der Waals surface area contributed by atoms with E-state index in [1.54, 1.807) is 0 Å². The van der Waals surface area contributed by atoms with Crippen molar-refractivity contribution < 1.29 is 0 Å². The normalized spacial score (nSPS) is 26.4. The van der Waals surface area contributed by atoms with Gasteiger partial charge in [-0.3, -0.25) is 0 Å². The van der Waals surface area contributed by atoms with Crippen LogP contribution >= 0.6 is 0 Å². The lowest BCUT2D eigenvalue weighted by molar-refractivity contribution is 0.278. The fourth-order valence-corrected chi connectivity index (χ4v) is 3.72. The van der Waals surface area contributed by atoms with Crippen molar-refractivity contribution in [1.82, 2.24) is 20.1 Å². The molecular weight excluding hydrogens is 236 g/mol. The molecule has 0 saturated heterocycles. The molecule has 0 bridgehead atoms. The summed E-state index contributed by atoms with van der Waals surface area (Å²) in [5.41, 5.74) is 0.252. The molecule has 1 unspecified atom stereocenters. The molecule has 2 heterocycles. The molecule has 1 fully saturated rings. The number of fused-ring (bicyclic) bond motifs is 1. The van der Waals surface area contributed by atoms with Gasteiger partial charge in [0.25, 0.3) is 0 Å². The number of nitrogens with zero attached hydrogens (tertiary/aromatic N) is 3.